The van der Waals surface area contributed by atoms with Crippen LogP contribution in [0.5, 0.6) is 0 Å². The molecule has 1 aromatic rings. The van der Waals surface area contributed by atoms with Gasteiger partial charge in [-0.25, -0.2) is 4.99 Å². The summed E-state index contributed by atoms with van der Waals surface area (Å²) in [5.74, 6) is 0.934. The normalized spacial score (nSPS) is 16.8. The van der Waals surface area contributed by atoms with Crippen molar-refractivity contribution in [1.82, 2.24) is 15.5 Å². The Kier molecular flexibility index (Phi) is 8.77. The van der Waals surface area contributed by atoms with Crippen molar-refractivity contribution in [3.63, 3.8) is 0 Å². The average Bonchev–Trinajstić information content (AvgIpc) is 2.66. The Bertz CT molecular complexity index is 524. The van der Waals surface area contributed by atoms with E-state index < -0.39 is 0 Å². The molecule has 2 rings (SSSR count). The summed E-state index contributed by atoms with van der Waals surface area (Å²) in [6, 6.07) is 9.08. The minimum Gasteiger partial charge on any atom is -0.383 e. The second-order valence-corrected chi connectivity index (χ2v) is 6.57. The van der Waals surface area contributed by atoms with Gasteiger partial charge in [-0.15, -0.1) is 0 Å². The molecule has 1 aliphatic rings. The first-order valence-electron chi connectivity index (χ1n) is 9.59. The molecule has 0 spiro atoms. The van der Waals surface area contributed by atoms with E-state index in [1.165, 1.54) is 11.1 Å². The van der Waals surface area contributed by atoms with Gasteiger partial charge < -0.3 is 20.3 Å². The van der Waals surface area contributed by atoms with E-state index in [1.807, 2.05) is 0 Å². The van der Waals surface area contributed by atoms with Crippen LogP contribution in [0, 0.1) is 0 Å². The largest absolute Gasteiger partial charge is 0.383 e. The molecule has 0 unspecified atom stereocenters. The van der Waals surface area contributed by atoms with Gasteiger partial charge in [0.15, 0.2) is 5.96 Å². The quantitative estimate of drug-likeness (QED) is 0.561. The van der Waals surface area contributed by atoms with Crippen LogP contribution in [0.15, 0.2) is 29.3 Å². The van der Waals surface area contributed by atoms with Crippen molar-refractivity contribution in [2.24, 2.45) is 4.99 Å². The highest BCUT2D eigenvalue weighted by molar-refractivity contribution is 5.80. The zero-order valence-corrected chi connectivity index (χ0v) is 16.1. The third kappa shape index (κ3) is 6.67. The van der Waals surface area contributed by atoms with Crippen LogP contribution < -0.4 is 10.6 Å². The summed E-state index contributed by atoms with van der Waals surface area (Å²) in [4.78, 5) is 7.29. The van der Waals surface area contributed by atoms with E-state index in [-0.39, 0.29) is 0 Å². The molecule has 1 saturated heterocycles. The fourth-order valence-corrected chi connectivity index (χ4v) is 3.26. The van der Waals surface area contributed by atoms with E-state index in [2.05, 4.69) is 53.6 Å². The summed E-state index contributed by atoms with van der Waals surface area (Å²) in [6.45, 7) is 10.0. The Hall–Kier alpha value is -1.59. The van der Waals surface area contributed by atoms with Gasteiger partial charge in [-0.05, 0) is 37.3 Å². The molecule has 0 amide bonds. The highest BCUT2D eigenvalue weighted by atomic mass is 16.5. The Labute approximate surface area is 152 Å². The molecule has 0 bridgehead atoms. The van der Waals surface area contributed by atoms with Crippen LogP contribution in [-0.4, -0.2) is 56.8 Å². The molecule has 0 atom stereocenters. The number of aryl methyl sites for hydroxylation is 1. The molecule has 1 fully saturated rings. The van der Waals surface area contributed by atoms with Gasteiger partial charge in [0, 0.05) is 39.3 Å². The molecule has 25 heavy (non-hydrogen) atoms. The minimum absolute atomic E-state index is 0.498. The number of aliphatic imine (C=N–C) groups is 1. The van der Waals surface area contributed by atoms with Crippen LogP contribution in [0.3, 0.4) is 0 Å². The number of piperidine rings is 1. The van der Waals surface area contributed by atoms with Crippen molar-refractivity contribution in [1.29, 1.82) is 0 Å². The summed E-state index contributed by atoms with van der Waals surface area (Å²) in [7, 11) is 1.77. The number of guanidine groups is 1. The zero-order chi connectivity index (χ0) is 17.9. The molecule has 0 aromatic heterocycles. The monoisotopic (exact) mass is 346 g/mol. The molecule has 1 aliphatic heterocycles. The van der Waals surface area contributed by atoms with Gasteiger partial charge in [-0.1, -0.05) is 31.2 Å². The summed E-state index contributed by atoms with van der Waals surface area (Å²) >= 11 is 0. The van der Waals surface area contributed by atoms with Crippen molar-refractivity contribution in [3.05, 3.63) is 35.4 Å². The molecule has 0 aliphatic carbocycles. The molecule has 1 aromatic carbocycles. The lowest BCUT2D eigenvalue weighted by atomic mass is 10.1. The summed E-state index contributed by atoms with van der Waals surface area (Å²) < 4.78 is 5.17. The van der Waals surface area contributed by atoms with Crippen LogP contribution in [0.1, 0.15) is 37.8 Å². The Balaban J connectivity index is 1.88. The maximum Gasteiger partial charge on any atom is 0.191 e. The van der Waals surface area contributed by atoms with E-state index in [1.54, 1.807) is 7.11 Å². The fourth-order valence-electron chi connectivity index (χ4n) is 3.26. The molecule has 5 nitrogen and oxygen atoms in total. The summed E-state index contributed by atoms with van der Waals surface area (Å²) in [5.41, 5.74) is 2.70. The lowest BCUT2D eigenvalue weighted by molar-refractivity contribution is 0.128. The van der Waals surface area contributed by atoms with Gasteiger partial charge in [0.05, 0.1) is 13.2 Å². The van der Waals surface area contributed by atoms with Crippen LogP contribution in [0.4, 0.5) is 0 Å². The van der Waals surface area contributed by atoms with E-state index >= 15 is 0 Å². The maximum absolute atomic E-state index is 5.17. The third-order valence-corrected chi connectivity index (χ3v) is 4.79. The Morgan fingerprint density at radius 1 is 1.20 bits per heavy atom. The summed E-state index contributed by atoms with van der Waals surface area (Å²) in [5, 5.41) is 7.01. The van der Waals surface area contributed by atoms with Gasteiger partial charge in [0.1, 0.15) is 0 Å². The number of nitrogens with one attached hydrogen (secondary N) is 2. The first kappa shape index (κ1) is 19.7. The van der Waals surface area contributed by atoms with Crippen LogP contribution in [-0.2, 0) is 17.7 Å². The molecular weight excluding hydrogens is 312 g/mol. The number of ether oxygens (including phenoxy) is 1. The van der Waals surface area contributed by atoms with Gasteiger partial charge in [0.25, 0.3) is 0 Å². The smallest absolute Gasteiger partial charge is 0.191 e. The zero-order valence-electron chi connectivity index (χ0n) is 16.1. The van der Waals surface area contributed by atoms with Gasteiger partial charge in [0.2, 0.25) is 0 Å². The van der Waals surface area contributed by atoms with Gasteiger partial charge >= 0.3 is 0 Å². The number of benzene rings is 1. The molecule has 0 saturated carbocycles. The van der Waals surface area contributed by atoms with Crippen LogP contribution >= 0.6 is 0 Å². The molecule has 5 heteroatoms. The van der Waals surface area contributed by atoms with Gasteiger partial charge in [-0.3, -0.25) is 0 Å². The first-order valence-corrected chi connectivity index (χ1v) is 9.59. The highest BCUT2D eigenvalue weighted by Crippen LogP contribution is 2.12. The molecule has 0 radical (unpaired) electrons. The van der Waals surface area contributed by atoms with Crippen LogP contribution in [0.2, 0.25) is 0 Å². The van der Waals surface area contributed by atoms with E-state index in [4.69, 9.17) is 9.73 Å². The Morgan fingerprint density at radius 3 is 2.56 bits per heavy atom. The van der Waals surface area contributed by atoms with Crippen molar-refractivity contribution in [3.8, 4) is 0 Å². The summed E-state index contributed by atoms with van der Waals surface area (Å²) in [6.07, 6.45) is 3.36. The number of likely N-dealkylation sites (tertiary alicyclic amines) is 1. The van der Waals surface area contributed by atoms with Crippen molar-refractivity contribution < 1.29 is 4.74 Å². The van der Waals surface area contributed by atoms with E-state index in [0.29, 0.717) is 6.04 Å². The van der Waals surface area contributed by atoms with E-state index in [9.17, 15) is 0 Å². The standard InChI is InChI=1S/C20H34N4O/c1-4-17-8-6-7-9-18(17)16-22-20(21-5-2)23-19-10-12-24(13-11-19)14-15-25-3/h6-9,19H,4-5,10-16H2,1-3H3,(H2,21,22,23). The predicted octanol–water partition coefficient (Wildman–Crippen LogP) is 2.41. The minimum atomic E-state index is 0.498. The lowest BCUT2D eigenvalue weighted by Crippen LogP contribution is -2.49. The molecule has 1 heterocycles. The second kappa shape index (κ2) is 11.1. The number of nitrogens with zero attached hydrogens (tertiary/aromatic N) is 2. The molecule has 140 valence electrons. The maximum atomic E-state index is 5.17. The van der Waals surface area contributed by atoms with Crippen molar-refractivity contribution in [2.45, 2.75) is 45.7 Å². The SMILES string of the molecule is CCNC(=NCc1ccccc1CC)NC1CCN(CCOC)CC1. The number of hydrogen-bond donors (Lipinski definition) is 2. The second-order valence-electron chi connectivity index (χ2n) is 6.57. The van der Waals surface area contributed by atoms with E-state index in [0.717, 1.165) is 64.6 Å². The predicted molar refractivity (Wildman–Crippen MR) is 105 cm³/mol. The topological polar surface area (TPSA) is 48.9 Å². The number of methoxy groups -OCH3 is 1. The molecular formula is C20H34N4O. The highest BCUT2D eigenvalue weighted by Gasteiger charge is 2.19. The van der Waals surface area contributed by atoms with Gasteiger partial charge in [-0.2, -0.15) is 0 Å². The lowest BCUT2D eigenvalue weighted by Gasteiger charge is -2.32. The van der Waals surface area contributed by atoms with Crippen molar-refractivity contribution in [2.75, 3.05) is 39.9 Å². The fraction of sp³-hybridized carbons (Fsp3) is 0.650. The van der Waals surface area contributed by atoms with Crippen LogP contribution in [0.25, 0.3) is 0 Å². The number of hydrogen-bond acceptors (Lipinski definition) is 3. The molecule has 2 N–H and O–H groups in total. The third-order valence-electron chi connectivity index (χ3n) is 4.79. The van der Waals surface area contributed by atoms with Crippen molar-refractivity contribution >= 4 is 5.96 Å². The first-order chi connectivity index (χ1) is 12.3. The number of rotatable bonds is 8. The average molecular weight is 347 g/mol. The Morgan fingerprint density at radius 2 is 1.92 bits per heavy atom.